The summed E-state index contributed by atoms with van der Waals surface area (Å²) in [5, 5.41) is 10.3. The summed E-state index contributed by atoms with van der Waals surface area (Å²) >= 11 is 1.23. The van der Waals surface area contributed by atoms with Crippen molar-refractivity contribution in [1.82, 2.24) is 4.98 Å². The van der Waals surface area contributed by atoms with Crippen LogP contribution in [0.25, 0.3) is 10.8 Å². The summed E-state index contributed by atoms with van der Waals surface area (Å²) in [5.74, 6) is 1.56. The van der Waals surface area contributed by atoms with Gasteiger partial charge >= 0.3 is 0 Å². The number of aromatic hydroxyl groups is 1. The van der Waals surface area contributed by atoms with Crippen molar-refractivity contribution < 1.29 is 9.52 Å². The molecule has 0 saturated heterocycles. The molecule has 0 atom stereocenters. The van der Waals surface area contributed by atoms with Crippen LogP contribution in [0.3, 0.4) is 0 Å². The third kappa shape index (κ3) is 1.45. The van der Waals surface area contributed by atoms with Gasteiger partial charge in [0.25, 0.3) is 0 Å². The number of furan rings is 1. The van der Waals surface area contributed by atoms with Crippen molar-refractivity contribution in [2.24, 2.45) is 0 Å². The third-order valence-corrected chi connectivity index (χ3v) is 2.70. The highest BCUT2D eigenvalue weighted by Crippen LogP contribution is 2.32. The Morgan fingerprint density at radius 1 is 1.38 bits per heavy atom. The lowest BCUT2D eigenvalue weighted by Gasteiger charge is -1.86. The van der Waals surface area contributed by atoms with Crippen molar-refractivity contribution in [3.63, 3.8) is 0 Å². The van der Waals surface area contributed by atoms with E-state index in [4.69, 9.17) is 4.42 Å². The zero-order chi connectivity index (χ0) is 9.42. The Balaban J connectivity index is 2.46. The number of aromatic nitrogens is 1. The smallest absolute Gasteiger partial charge is 0.195 e. The lowest BCUT2D eigenvalue weighted by atomic mass is 10.4. The minimum Gasteiger partial charge on any atom is -0.498 e. The SMILES string of the molecule is Cc1ccc(-c2nc(C)c(O)s2)o1. The standard InChI is InChI=1S/C9H9NO2S/c1-5-3-4-7(12-5)8-10-6(2)9(11)13-8/h3-4,11H,1-2H3. The molecule has 0 amide bonds. The molecule has 0 aliphatic heterocycles. The highest BCUT2D eigenvalue weighted by Gasteiger charge is 2.10. The van der Waals surface area contributed by atoms with Crippen LogP contribution in [-0.4, -0.2) is 10.1 Å². The Hall–Kier alpha value is -1.29. The molecular weight excluding hydrogens is 186 g/mol. The summed E-state index contributed by atoms with van der Waals surface area (Å²) in [5.41, 5.74) is 0.647. The van der Waals surface area contributed by atoms with Gasteiger partial charge in [0, 0.05) is 0 Å². The average Bonchev–Trinajstić information content (AvgIpc) is 2.61. The van der Waals surface area contributed by atoms with E-state index in [0.29, 0.717) is 11.5 Å². The third-order valence-electron chi connectivity index (χ3n) is 1.72. The molecule has 4 heteroatoms. The predicted molar refractivity (Wildman–Crippen MR) is 51.0 cm³/mol. The number of nitrogens with zero attached hydrogens (tertiary/aromatic N) is 1. The zero-order valence-corrected chi connectivity index (χ0v) is 8.18. The van der Waals surface area contributed by atoms with E-state index in [9.17, 15) is 5.11 Å². The maximum Gasteiger partial charge on any atom is 0.195 e. The fraction of sp³-hybridized carbons (Fsp3) is 0.222. The first-order chi connectivity index (χ1) is 6.16. The quantitative estimate of drug-likeness (QED) is 0.761. The van der Waals surface area contributed by atoms with E-state index in [1.807, 2.05) is 19.1 Å². The van der Waals surface area contributed by atoms with Gasteiger partial charge in [-0.3, -0.25) is 0 Å². The van der Waals surface area contributed by atoms with Gasteiger partial charge in [-0.2, -0.15) is 0 Å². The van der Waals surface area contributed by atoms with Crippen LogP contribution < -0.4 is 0 Å². The maximum atomic E-state index is 9.32. The number of hydrogen-bond acceptors (Lipinski definition) is 4. The molecule has 2 aromatic rings. The molecule has 0 fully saturated rings. The molecule has 0 aliphatic rings. The van der Waals surface area contributed by atoms with Gasteiger partial charge in [-0.15, -0.1) is 0 Å². The maximum absolute atomic E-state index is 9.32. The van der Waals surface area contributed by atoms with Crippen LogP contribution in [0.5, 0.6) is 5.06 Å². The molecule has 2 aromatic heterocycles. The van der Waals surface area contributed by atoms with Crippen LogP contribution in [-0.2, 0) is 0 Å². The molecule has 0 aromatic carbocycles. The summed E-state index contributed by atoms with van der Waals surface area (Å²) in [6.45, 7) is 3.65. The molecule has 2 heterocycles. The van der Waals surface area contributed by atoms with Crippen LogP contribution in [0.2, 0.25) is 0 Å². The summed E-state index contributed by atoms with van der Waals surface area (Å²) in [4.78, 5) is 4.17. The second kappa shape index (κ2) is 2.88. The monoisotopic (exact) mass is 195 g/mol. The zero-order valence-electron chi connectivity index (χ0n) is 7.37. The van der Waals surface area contributed by atoms with E-state index < -0.39 is 0 Å². The van der Waals surface area contributed by atoms with Crippen LogP contribution >= 0.6 is 11.3 Å². The van der Waals surface area contributed by atoms with Gasteiger partial charge in [0.15, 0.2) is 15.8 Å². The van der Waals surface area contributed by atoms with Gasteiger partial charge in [0.1, 0.15) is 5.76 Å². The normalized spacial score (nSPS) is 10.6. The molecule has 68 valence electrons. The lowest BCUT2D eigenvalue weighted by molar-refractivity contribution is 0.485. The first-order valence-electron chi connectivity index (χ1n) is 3.90. The topological polar surface area (TPSA) is 46.3 Å². The predicted octanol–water partition coefficient (Wildman–Crippen LogP) is 2.73. The molecule has 2 rings (SSSR count). The molecule has 0 aliphatic carbocycles. The summed E-state index contributed by atoms with van der Waals surface area (Å²) in [7, 11) is 0. The van der Waals surface area contributed by atoms with Crippen molar-refractivity contribution >= 4 is 11.3 Å². The molecule has 13 heavy (non-hydrogen) atoms. The van der Waals surface area contributed by atoms with Crippen LogP contribution in [0.1, 0.15) is 11.5 Å². The summed E-state index contributed by atoms with van der Waals surface area (Å²) in [6, 6.07) is 3.73. The van der Waals surface area contributed by atoms with Crippen LogP contribution in [0.4, 0.5) is 0 Å². The minimum atomic E-state index is 0.254. The van der Waals surface area contributed by atoms with Crippen LogP contribution in [0, 0.1) is 13.8 Å². The summed E-state index contributed by atoms with van der Waals surface area (Å²) in [6.07, 6.45) is 0. The molecule has 1 N–H and O–H groups in total. The molecule has 0 spiro atoms. The van der Waals surface area contributed by atoms with E-state index in [1.54, 1.807) is 6.92 Å². The molecule has 3 nitrogen and oxygen atoms in total. The molecule has 0 saturated carbocycles. The minimum absolute atomic E-state index is 0.254. The van der Waals surface area contributed by atoms with Gasteiger partial charge in [0.2, 0.25) is 0 Å². The van der Waals surface area contributed by atoms with Gasteiger partial charge in [-0.05, 0) is 26.0 Å². The molecular formula is C9H9NO2S. The van der Waals surface area contributed by atoms with Crippen molar-refractivity contribution in [3.8, 4) is 15.8 Å². The number of aryl methyl sites for hydroxylation is 2. The van der Waals surface area contributed by atoms with E-state index in [2.05, 4.69) is 4.98 Å². The molecule has 0 unspecified atom stereocenters. The average molecular weight is 195 g/mol. The van der Waals surface area contributed by atoms with Crippen molar-refractivity contribution in [2.75, 3.05) is 0 Å². The number of hydrogen-bond donors (Lipinski definition) is 1. The van der Waals surface area contributed by atoms with E-state index in [1.165, 1.54) is 11.3 Å². The van der Waals surface area contributed by atoms with Crippen molar-refractivity contribution in [2.45, 2.75) is 13.8 Å². The van der Waals surface area contributed by atoms with Gasteiger partial charge in [-0.1, -0.05) is 11.3 Å². The summed E-state index contributed by atoms with van der Waals surface area (Å²) < 4.78 is 5.37. The Kier molecular flexibility index (Phi) is 1.84. The van der Waals surface area contributed by atoms with E-state index >= 15 is 0 Å². The fourth-order valence-electron chi connectivity index (χ4n) is 1.04. The van der Waals surface area contributed by atoms with E-state index in [0.717, 1.165) is 10.8 Å². The highest BCUT2D eigenvalue weighted by molar-refractivity contribution is 7.16. The van der Waals surface area contributed by atoms with Crippen molar-refractivity contribution in [3.05, 3.63) is 23.6 Å². The molecule has 0 bridgehead atoms. The first-order valence-corrected chi connectivity index (χ1v) is 4.71. The Labute approximate surface area is 79.7 Å². The van der Waals surface area contributed by atoms with Gasteiger partial charge in [0.05, 0.1) is 5.69 Å². The lowest BCUT2D eigenvalue weighted by Crippen LogP contribution is -1.72. The second-order valence-corrected chi connectivity index (χ2v) is 3.80. The molecule has 0 radical (unpaired) electrons. The van der Waals surface area contributed by atoms with Crippen LogP contribution in [0.15, 0.2) is 16.5 Å². The highest BCUT2D eigenvalue weighted by atomic mass is 32.1. The van der Waals surface area contributed by atoms with Gasteiger partial charge in [-0.25, -0.2) is 4.98 Å². The first kappa shape index (κ1) is 8.31. The number of thiazole rings is 1. The Bertz CT molecular complexity index is 411. The van der Waals surface area contributed by atoms with Crippen molar-refractivity contribution in [1.29, 1.82) is 0 Å². The van der Waals surface area contributed by atoms with Gasteiger partial charge < -0.3 is 9.52 Å². The Morgan fingerprint density at radius 3 is 2.62 bits per heavy atom. The largest absolute Gasteiger partial charge is 0.498 e. The fourth-order valence-corrected chi connectivity index (χ4v) is 1.81. The second-order valence-electron chi connectivity index (χ2n) is 2.82. The number of rotatable bonds is 1. The van der Waals surface area contributed by atoms with E-state index in [-0.39, 0.29) is 5.06 Å². The Morgan fingerprint density at radius 2 is 2.15 bits per heavy atom.